The molecule has 0 bridgehead atoms. The van der Waals surface area contributed by atoms with Crippen molar-refractivity contribution in [1.82, 2.24) is 14.3 Å². The third-order valence-electron chi connectivity index (χ3n) is 6.10. The molecule has 1 aromatic carbocycles. The molecule has 2 aliphatic rings. The summed E-state index contributed by atoms with van der Waals surface area (Å²) < 4.78 is 1.83. The average Bonchev–Trinajstić information content (AvgIpc) is 3.12. The maximum atomic E-state index is 13.6. The van der Waals surface area contributed by atoms with E-state index in [1.165, 1.54) is 20.4 Å². The van der Waals surface area contributed by atoms with Crippen molar-refractivity contribution in [3.05, 3.63) is 80.6 Å². The van der Waals surface area contributed by atoms with E-state index >= 15 is 0 Å². The Bertz CT molecular complexity index is 1450. The number of nitrogens with zero attached hydrogens (tertiary/aromatic N) is 4. The molecule has 4 heterocycles. The number of aromatic nitrogens is 2. The molecule has 1 saturated heterocycles. The summed E-state index contributed by atoms with van der Waals surface area (Å²) in [5.41, 5.74) is 3.07. The summed E-state index contributed by atoms with van der Waals surface area (Å²) in [4.78, 5) is 46.1. The van der Waals surface area contributed by atoms with Gasteiger partial charge in [-0.1, -0.05) is 54.3 Å². The van der Waals surface area contributed by atoms with Crippen LogP contribution < -0.4 is 10.5 Å². The lowest BCUT2D eigenvalue weighted by Gasteiger charge is -2.30. The zero-order valence-electron chi connectivity index (χ0n) is 18.7. The van der Waals surface area contributed by atoms with Crippen molar-refractivity contribution in [2.24, 2.45) is 0 Å². The fourth-order valence-electron chi connectivity index (χ4n) is 4.35. The normalized spacial score (nSPS) is 16.9. The number of carboxylic acids is 1. The van der Waals surface area contributed by atoms with E-state index < -0.39 is 5.97 Å². The van der Waals surface area contributed by atoms with E-state index in [0.717, 1.165) is 18.2 Å². The fraction of sp³-hybridized carbons (Fsp3) is 0.240. The molecule has 0 unspecified atom stereocenters. The largest absolute Gasteiger partial charge is 0.481 e. The van der Waals surface area contributed by atoms with Gasteiger partial charge in [-0.2, -0.15) is 0 Å². The van der Waals surface area contributed by atoms with E-state index in [1.807, 2.05) is 18.2 Å². The first kappa shape index (κ1) is 23.3. The minimum Gasteiger partial charge on any atom is -0.481 e. The number of amides is 1. The molecule has 1 fully saturated rings. The van der Waals surface area contributed by atoms with Crippen molar-refractivity contribution >= 4 is 57.7 Å². The monoisotopic (exact) mass is 506 g/mol. The molecule has 3 aromatic rings. The maximum Gasteiger partial charge on any atom is 0.303 e. The predicted molar refractivity (Wildman–Crippen MR) is 139 cm³/mol. The molecule has 0 spiro atoms. The smallest absolute Gasteiger partial charge is 0.303 e. The Balaban J connectivity index is 1.55. The molecule has 2 aliphatic heterocycles. The zero-order valence-corrected chi connectivity index (χ0v) is 20.3. The van der Waals surface area contributed by atoms with Gasteiger partial charge in [0.15, 0.2) is 0 Å². The van der Waals surface area contributed by atoms with Crippen molar-refractivity contribution in [3.63, 3.8) is 0 Å². The highest BCUT2D eigenvalue weighted by molar-refractivity contribution is 8.26. The van der Waals surface area contributed by atoms with Gasteiger partial charge in [0.2, 0.25) is 0 Å². The van der Waals surface area contributed by atoms with E-state index in [-0.39, 0.29) is 24.4 Å². The number of carboxylic acid groups (broad SMARTS) is 1. The molecule has 5 rings (SSSR count). The van der Waals surface area contributed by atoms with Crippen LogP contribution in [-0.2, 0) is 22.6 Å². The van der Waals surface area contributed by atoms with Crippen molar-refractivity contribution in [3.8, 4) is 0 Å². The average molecular weight is 507 g/mol. The molecule has 178 valence electrons. The lowest BCUT2D eigenvalue weighted by molar-refractivity contribution is -0.137. The minimum atomic E-state index is -0.922. The highest BCUT2D eigenvalue weighted by Crippen LogP contribution is 2.34. The number of anilines is 1. The van der Waals surface area contributed by atoms with Gasteiger partial charge >= 0.3 is 5.97 Å². The molecule has 2 aromatic heterocycles. The molecule has 0 radical (unpaired) electrons. The van der Waals surface area contributed by atoms with Crippen LogP contribution in [0.2, 0.25) is 0 Å². The Kier molecular flexibility index (Phi) is 6.40. The Labute approximate surface area is 210 Å². The number of thiocarbonyl (C=S) groups is 1. The molecule has 1 N–H and O–H groups in total. The zero-order chi connectivity index (χ0) is 24.5. The second-order valence-corrected chi connectivity index (χ2v) is 10.0. The molecule has 0 saturated carbocycles. The highest BCUT2D eigenvalue weighted by Gasteiger charge is 2.33. The number of carbonyl (C=O) groups excluding carboxylic acids is 1. The van der Waals surface area contributed by atoms with Gasteiger partial charge in [-0.25, -0.2) is 4.98 Å². The van der Waals surface area contributed by atoms with Gasteiger partial charge < -0.3 is 10.0 Å². The van der Waals surface area contributed by atoms with Crippen LogP contribution in [0.1, 0.15) is 29.5 Å². The standard InChI is InChI=1S/C25H22N4O4S2/c30-21(31)9-5-12-29-24(33)19(35-25(29)34)14-18-22(26-20-8-3-4-11-28(20)23(18)32)27-13-10-16-6-1-2-7-17(16)15-27/h1-4,6-8,11,14H,5,9-10,12-13,15H2,(H,30,31). The molecule has 1 amide bonds. The Morgan fingerprint density at radius 3 is 2.71 bits per heavy atom. The number of benzene rings is 1. The van der Waals surface area contributed by atoms with Crippen LogP contribution >= 0.6 is 24.0 Å². The van der Waals surface area contributed by atoms with Gasteiger partial charge in [-0.3, -0.25) is 23.7 Å². The van der Waals surface area contributed by atoms with Crippen molar-refractivity contribution in [2.45, 2.75) is 25.8 Å². The lowest BCUT2D eigenvalue weighted by atomic mass is 9.99. The van der Waals surface area contributed by atoms with Crippen LogP contribution in [0.5, 0.6) is 0 Å². The second kappa shape index (κ2) is 9.63. The molecule has 35 heavy (non-hydrogen) atoms. The van der Waals surface area contributed by atoms with Crippen LogP contribution in [0.4, 0.5) is 5.82 Å². The Morgan fingerprint density at radius 2 is 1.91 bits per heavy atom. The molecule has 0 atom stereocenters. The summed E-state index contributed by atoms with van der Waals surface area (Å²) >= 11 is 6.49. The van der Waals surface area contributed by atoms with Crippen LogP contribution in [-0.4, -0.2) is 48.7 Å². The summed E-state index contributed by atoms with van der Waals surface area (Å²) in [6.07, 6.45) is 4.33. The van der Waals surface area contributed by atoms with Crippen LogP contribution in [0.15, 0.2) is 58.4 Å². The van der Waals surface area contributed by atoms with Gasteiger partial charge in [0, 0.05) is 32.3 Å². The van der Waals surface area contributed by atoms with Crippen LogP contribution in [0.3, 0.4) is 0 Å². The van der Waals surface area contributed by atoms with Gasteiger partial charge in [0.05, 0.1) is 10.5 Å². The first-order chi connectivity index (χ1) is 16.9. The Morgan fingerprint density at radius 1 is 1.14 bits per heavy atom. The molecular formula is C25H22N4O4S2. The summed E-state index contributed by atoms with van der Waals surface area (Å²) in [5.74, 6) is -0.710. The lowest BCUT2D eigenvalue weighted by Crippen LogP contribution is -2.34. The minimum absolute atomic E-state index is 0.0490. The van der Waals surface area contributed by atoms with Crippen LogP contribution in [0, 0.1) is 0 Å². The SMILES string of the molecule is O=C(O)CCCN1C(=O)C(=Cc2c(N3CCc4ccccc4C3)nc3ccccn3c2=O)SC1=S. The second-order valence-electron chi connectivity index (χ2n) is 8.35. The number of rotatable bonds is 6. The van der Waals surface area contributed by atoms with E-state index in [1.54, 1.807) is 24.4 Å². The number of hydrogen-bond acceptors (Lipinski definition) is 7. The van der Waals surface area contributed by atoms with E-state index in [4.69, 9.17) is 22.3 Å². The molecule has 0 aliphatic carbocycles. The number of pyridine rings is 1. The van der Waals surface area contributed by atoms with Crippen LogP contribution in [0.25, 0.3) is 11.7 Å². The number of hydrogen-bond donors (Lipinski definition) is 1. The van der Waals surface area contributed by atoms with Crippen molar-refractivity contribution in [1.29, 1.82) is 0 Å². The topological polar surface area (TPSA) is 95.2 Å². The van der Waals surface area contributed by atoms with Gasteiger partial charge in [0.25, 0.3) is 11.5 Å². The fourth-order valence-corrected chi connectivity index (χ4v) is 5.64. The van der Waals surface area contributed by atoms with Gasteiger partial charge in [-0.15, -0.1) is 0 Å². The van der Waals surface area contributed by atoms with Gasteiger partial charge in [-0.05, 0) is 42.2 Å². The van der Waals surface area contributed by atoms with Gasteiger partial charge in [0.1, 0.15) is 15.8 Å². The third kappa shape index (κ3) is 4.59. The van der Waals surface area contributed by atoms with Crippen molar-refractivity contribution < 1.29 is 14.7 Å². The first-order valence-electron chi connectivity index (χ1n) is 11.2. The first-order valence-corrected chi connectivity index (χ1v) is 12.4. The van der Waals surface area contributed by atoms with E-state index in [0.29, 0.717) is 45.8 Å². The molecule has 8 nitrogen and oxygen atoms in total. The predicted octanol–water partition coefficient (Wildman–Crippen LogP) is 3.32. The Hall–Kier alpha value is -3.50. The maximum absolute atomic E-state index is 13.6. The van der Waals surface area contributed by atoms with E-state index in [9.17, 15) is 14.4 Å². The van der Waals surface area contributed by atoms with Crippen molar-refractivity contribution in [2.75, 3.05) is 18.0 Å². The summed E-state index contributed by atoms with van der Waals surface area (Å²) in [5, 5.41) is 8.90. The number of carbonyl (C=O) groups is 2. The quantitative estimate of drug-likeness (QED) is 0.402. The summed E-state index contributed by atoms with van der Waals surface area (Å²) in [7, 11) is 0. The molecular weight excluding hydrogens is 484 g/mol. The molecule has 10 heteroatoms. The summed E-state index contributed by atoms with van der Waals surface area (Å²) in [6.45, 7) is 1.53. The number of aliphatic carboxylic acids is 1. The summed E-state index contributed by atoms with van der Waals surface area (Å²) in [6, 6.07) is 13.6. The third-order valence-corrected chi connectivity index (χ3v) is 7.48. The van der Waals surface area contributed by atoms with E-state index in [2.05, 4.69) is 17.0 Å². The number of fused-ring (bicyclic) bond motifs is 2. The number of thioether (sulfide) groups is 1. The highest BCUT2D eigenvalue weighted by atomic mass is 32.2.